The van der Waals surface area contributed by atoms with Crippen molar-refractivity contribution in [2.75, 3.05) is 0 Å². The van der Waals surface area contributed by atoms with Crippen molar-refractivity contribution >= 4 is 0 Å². The quantitative estimate of drug-likeness (QED) is 0.908. The fraction of sp³-hybridized carbons (Fsp3) is 0.389. The lowest BCUT2D eigenvalue weighted by Gasteiger charge is -2.26. The molecule has 0 radical (unpaired) electrons. The Morgan fingerprint density at radius 3 is 2.80 bits per heavy atom. The number of pyridine rings is 1. The highest BCUT2D eigenvalue weighted by Crippen LogP contribution is 2.37. The number of benzene rings is 1. The molecular formula is C18H21NO. The van der Waals surface area contributed by atoms with E-state index in [-0.39, 0.29) is 0 Å². The van der Waals surface area contributed by atoms with E-state index in [1.165, 1.54) is 24.8 Å². The average molecular weight is 267 g/mol. The van der Waals surface area contributed by atoms with Gasteiger partial charge in [0.05, 0.1) is 5.69 Å². The predicted octanol–water partition coefficient (Wildman–Crippen LogP) is 3.99. The molecule has 2 aromatic rings. The molecule has 1 unspecified atom stereocenters. The molecule has 1 N–H and O–H groups in total. The first-order valence-corrected chi connectivity index (χ1v) is 7.51. The SMILES string of the molecule is CCc1cccnc1C(O)c1cccc(C2CCC2)c1. The Morgan fingerprint density at radius 1 is 1.25 bits per heavy atom. The fourth-order valence-corrected chi connectivity index (χ4v) is 2.88. The lowest BCUT2D eigenvalue weighted by molar-refractivity contribution is 0.214. The van der Waals surface area contributed by atoms with E-state index >= 15 is 0 Å². The fourth-order valence-electron chi connectivity index (χ4n) is 2.88. The van der Waals surface area contributed by atoms with E-state index in [2.05, 4.69) is 30.1 Å². The Balaban J connectivity index is 1.91. The highest BCUT2D eigenvalue weighted by molar-refractivity contribution is 5.35. The van der Waals surface area contributed by atoms with Crippen LogP contribution in [0.2, 0.25) is 0 Å². The zero-order chi connectivity index (χ0) is 13.9. The van der Waals surface area contributed by atoms with Crippen molar-refractivity contribution in [3.8, 4) is 0 Å². The highest BCUT2D eigenvalue weighted by atomic mass is 16.3. The third-order valence-electron chi connectivity index (χ3n) is 4.37. The number of hydrogen-bond acceptors (Lipinski definition) is 2. The Labute approximate surface area is 120 Å². The minimum Gasteiger partial charge on any atom is -0.382 e. The Kier molecular flexibility index (Phi) is 3.83. The normalized spacial score (nSPS) is 16.7. The molecule has 1 heterocycles. The van der Waals surface area contributed by atoms with Gasteiger partial charge in [0.2, 0.25) is 0 Å². The lowest BCUT2D eigenvalue weighted by atomic mass is 9.79. The smallest absolute Gasteiger partial charge is 0.121 e. The maximum Gasteiger partial charge on any atom is 0.121 e. The maximum atomic E-state index is 10.6. The molecule has 1 aliphatic rings. The molecule has 3 rings (SSSR count). The standard InChI is InChI=1S/C18H21NO/c1-2-13-10-5-11-19-17(13)18(20)16-9-4-8-15(12-16)14-6-3-7-14/h4-5,8-12,14,18,20H,2-3,6-7H2,1H3. The van der Waals surface area contributed by atoms with Crippen LogP contribution in [0.25, 0.3) is 0 Å². The minimum absolute atomic E-state index is 0.619. The topological polar surface area (TPSA) is 33.1 Å². The van der Waals surface area contributed by atoms with Crippen molar-refractivity contribution in [3.63, 3.8) is 0 Å². The molecule has 20 heavy (non-hydrogen) atoms. The van der Waals surface area contributed by atoms with E-state index in [4.69, 9.17) is 0 Å². The number of aliphatic hydroxyl groups excluding tert-OH is 1. The number of aryl methyl sites for hydroxylation is 1. The van der Waals surface area contributed by atoms with Gasteiger partial charge in [0.25, 0.3) is 0 Å². The summed E-state index contributed by atoms with van der Waals surface area (Å²) in [7, 11) is 0. The molecule has 1 saturated carbocycles. The van der Waals surface area contributed by atoms with Gasteiger partial charge in [-0.3, -0.25) is 4.98 Å². The Bertz CT molecular complexity index is 589. The molecule has 0 amide bonds. The van der Waals surface area contributed by atoms with Crippen LogP contribution in [-0.2, 0) is 6.42 Å². The summed E-state index contributed by atoms with van der Waals surface area (Å²) >= 11 is 0. The first kappa shape index (κ1) is 13.3. The Hall–Kier alpha value is -1.67. The van der Waals surface area contributed by atoms with Crippen LogP contribution in [0.5, 0.6) is 0 Å². The molecule has 1 atom stereocenters. The number of nitrogens with zero attached hydrogens (tertiary/aromatic N) is 1. The second-order valence-corrected chi connectivity index (χ2v) is 5.60. The summed E-state index contributed by atoms with van der Waals surface area (Å²) in [6, 6.07) is 12.4. The van der Waals surface area contributed by atoms with E-state index in [1.54, 1.807) is 6.20 Å². The van der Waals surface area contributed by atoms with E-state index in [0.717, 1.165) is 23.2 Å². The molecule has 1 aliphatic carbocycles. The van der Waals surface area contributed by atoms with Gasteiger partial charge >= 0.3 is 0 Å². The van der Waals surface area contributed by atoms with E-state index < -0.39 is 6.10 Å². The molecule has 0 aliphatic heterocycles. The van der Waals surface area contributed by atoms with E-state index in [9.17, 15) is 5.11 Å². The zero-order valence-electron chi connectivity index (χ0n) is 11.9. The van der Waals surface area contributed by atoms with Gasteiger partial charge in [0.15, 0.2) is 0 Å². The minimum atomic E-state index is -0.619. The molecular weight excluding hydrogens is 246 g/mol. The zero-order valence-corrected chi connectivity index (χ0v) is 11.9. The summed E-state index contributed by atoms with van der Waals surface area (Å²) in [6.07, 6.45) is 5.92. The van der Waals surface area contributed by atoms with Crippen LogP contribution in [0.15, 0.2) is 42.6 Å². The second kappa shape index (κ2) is 5.76. The first-order valence-electron chi connectivity index (χ1n) is 7.51. The van der Waals surface area contributed by atoms with Gasteiger partial charge in [0.1, 0.15) is 6.10 Å². The van der Waals surface area contributed by atoms with Gasteiger partial charge in [-0.25, -0.2) is 0 Å². The molecule has 1 aromatic heterocycles. The third kappa shape index (κ3) is 2.48. The van der Waals surface area contributed by atoms with Crippen molar-refractivity contribution < 1.29 is 5.11 Å². The molecule has 2 heteroatoms. The monoisotopic (exact) mass is 267 g/mol. The van der Waals surface area contributed by atoms with Crippen molar-refractivity contribution in [1.29, 1.82) is 0 Å². The van der Waals surface area contributed by atoms with Crippen molar-refractivity contribution in [2.45, 2.75) is 44.6 Å². The summed E-state index contributed by atoms with van der Waals surface area (Å²) in [5, 5.41) is 10.6. The summed E-state index contributed by atoms with van der Waals surface area (Å²) in [5.41, 5.74) is 4.24. The van der Waals surface area contributed by atoms with Crippen molar-refractivity contribution in [1.82, 2.24) is 4.98 Å². The van der Waals surface area contributed by atoms with E-state index in [1.807, 2.05) is 18.2 Å². The van der Waals surface area contributed by atoms with Crippen LogP contribution < -0.4 is 0 Å². The van der Waals surface area contributed by atoms with Crippen molar-refractivity contribution in [2.24, 2.45) is 0 Å². The average Bonchev–Trinajstić information content (AvgIpc) is 2.45. The van der Waals surface area contributed by atoms with Crippen LogP contribution in [0, 0.1) is 0 Å². The summed E-state index contributed by atoms with van der Waals surface area (Å²) in [6.45, 7) is 2.10. The van der Waals surface area contributed by atoms with Crippen molar-refractivity contribution in [3.05, 3.63) is 65.0 Å². The molecule has 0 spiro atoms. The summed E-state index contributed by atoms with van der Waals surface area (Å²) in [4.78, 5) is 4.38. The predicted molar refractivity (Wildman–Crippen MR) is 80.7 cm³/mol. The number of rotatable bonds is 4. The molecule has 2 nitrogen and oxygen atoms in total. The molecule has 1 fully saturated rings. The first-order chi connectivity index (χ1) is 9.79. The van der Waals surface area contributed by atoms with Gasteiger partial charge in [-0.15, -0.1) is 0 Å². The highest BCUT2D eigenvalue weighted by Gasteiger charge is 2.21. The van der Waals surface area contributed by atoms with E-state index in [0.29, 0.717) is 5.92 Å². The van der Waals surface area contributed by atoms with Gasteiger partial charge in [-0.2, -0.15) is 0 Å². The van der Waals surface area contributed by atoms with Crippen LogP contribution in [0.4, 0.5) is 0 Å². The Morgan fingerprint density at radius 2 is 2.10 bits per heavy atom. The lowest BCUT2D eigenvalue weighted by Crippen LogP contribution is -2.10. The summed E-state index contributed by atoms with van der Waals surface area (Å²) < 4.78 is 0. The van der Waals surface area contributed by atoms with Crippen LogP contribution in [-0.4, -0.2) is 10.1 Å². The number of aliphatic hydroxyl groups is 1. The third-order valence-corrected chi connectivity index (χ3v) is 4.37. The number of hydrogen-bond donors (Lipinski definition) is 1. The molecule has 1 aromatic carbocycles. The van der Waals surface area contributed by atoms with Crippen LogP contribution in [0.1, 0.15) is 60.6 Å². The van der Waals surface area contributed by atoms with Crippen LogP contribution in [0.3, 0.4) is 0 Å². The van der Waals surface area contributed by atoms with Gasteiger partial charge < -0.3 is 5.11 Å². The van der Waals surface area contributed by atoms with Gasteiger partial charge in [0, 0.05) is 6.20 Å². The second-order valence-electron chi connectivity index (χ2n) is 5.60. The largest absolute Gasteiger partial charge is 0.382 e. The van der Waals surface area contributed by atoms with Crippen LogP contribution >= 0.6 is 0 Å². The molecule has 104 valence electrons. The maximum absolute atomic E-state index is 10.6. The summed E-state index contributed by atoms with van der Waals surface area (Å²) in [5.74, 6) is 0.691. The number of aromatic nitrogens is 1. The molecule has 0 saturated heterocycles. The molecule has 0 bridgehead atoms. The van der Waals surface area contributed by atoms with Gasteiger partial charge in [-0.05, 0) is 47.9 Å². The van der Waals surface area contributed by atoms with Gasteiger partial charge in [-0.1, -0.05) is 43.7 Å².